The van der Waals surface area contributed by atoms with Crippen molar-refractivity contribution in [1.82, 2.24) is 5.48 Å². The SMILES string of the molecule is COCCOCC(O)CNOCC(N)=O. The molecule has 0 fully saturated rings. The quantitative estimate of drug-likeness (QED) is 0.292. The van der Waals surface area contributed by atoms with Gasteiger partial charge in [0.05, 0.1) is 25.9 Å². The van der Waals surface area contributed by atoms with Crippen molar-refractivity contribution >= 4 is 5.91 Å². The van der Waals surface area contributed by atoms with Crippen molar-refractivity contribution in [2.24, 2.45) is 5.73 Å². The van der Waals surface area contributed by atoms with Gasteiger partial charge in [-0.2, -0.15) is 5.48 Å². The van der Waals surface area contributed by atoms with Crippen molar-refractivity contribution in [2.75, 3.05) is 40.1 Å². The van der Waals surface area contributed by atoms with Crippen molar-refractivity contribution in [1.29, 1.82) is 0 Å². The van der Waals surface area contributed by atoms with E-state index in [4.69, 9.17) is 15.2 Å². The molecule has 1 amide bonds. The van der Waals surface area contributed by atoms with E-state index < -0.39 is 12.0 Å². The summed E-state index contributed by atoms with van der Waals surface area (Å²) in [7, 11) is 1.57. The number of rotatable bonds is 10. The summed E-state index contributed by atoms with van der Waals surface area (Å²) >= 11 is 0. The van der Waals surface area contributed by atoms with E-state index in [1.165, 1.54) is 0 Å². The fourth-order valence-electron chi connectivity index (χ4n) is 0.698. The molecule has 0 aromatic carbocycles. The highest BCUT2D eigenvalue weighted by molar-refractivity contribution is 5.74. The minimum absolute atomic E-state index is 0.167. The van der Waals surface area contributed by atoms with Gasteiger partial charge >= 0.3 is 0 Å². The normalized spacial score (nSPS) is 12.7. The van der Waals surface area contributed by atoms with E-state index >= 15 is 0 Å². The average Bonchev–Trinajstić information content (AvgIpc) is 2.19. The first-order valence-electron chi connectivity index (χ1n) is 4.54. The van der Waals surface area contributed by atoms with Crippen LogP contribution < -0.4 is 11.2 Å². The fraction of sp³-hybridized carbons (Fsp3) is 0.875. The monoisotopic (exact) mass is 222 g/mol. The Kier molecular flexibility index (Phi) is 9.33. The van der Waals surface area contributed by atoms with Crippen LogP contribution in [0.15, 0.2) is 0 Å². The number of nitrogens with one attached hydrogen (secondary N) is 1. The molecule has 0 aromatic rings. The summed E-state index contributed by atoms with van der Waals surface area (Å²) in [4.78, 5) is 14.9. The molecular weight excluding hydrogens is 204 g/mol. The maximum atomic E-state index is 10.2. The second-order valence-corrected chi connectivity index (χ2v) is 2.82. The van der Waals surface area contributed by atoms with Gasteiger partial charge in [-0.25, -0.2) is 0 Å². The Morgan fingerprint density at radius 1 is 1.53 bits per heavy atom. The summed E-state index contributed by atoms with van der Waals surface area (Å²) < 4.78 is 9.80. The number of carbonyl (C=O) groups excluding carboxylic acids is 1. The van der Waals surface area contributed by atoms with Gasteiger partial charge in [-0.05, 0) is 0 Å². The third-order valence-electron chi connectivity index (χ3n) is 1.38. The van der Waals surface area contributed by atoms with Crippen molar-refractivity contribution in [3.8, 4) is 0 Å². The van der Waals surface area contributed by atoms with E-state index in [9.17, 15) is 9.90 Å². The number of primary amides is 1. The Bertz CT molecular complexity index is 167. The van der Waals surface area contributed by atoms with E-state index in [-0.39, 0.29) is 19.8 Å². The molecule has 0 rings (SSSR count). The first-order valence-corrected chi connectivity index (χ1v) is 4.54. The smallest absolute Gasteiger partial charge is 0.245 e. The van der Waals surface area contributed by atoms with Gasteiger partial charge in [0.25, 0.3) is 0 Å². The minimum atomic E-state index is -0.699. The lowest BCUT2D eigenvalue weighted by Gasteiger charge is -2.11. The van der Waals surface area contributed by atoms with Crippen molar-refractivity contribution in [2.45, 2.75) is 6.10 Å². The molecule has 1 atom stereocenters. The lowest BCUT2D eigenvalue weighted by molar-refractivity contribution is -0.126. The number of ether oxygens (including phenoxy) is 2. The highest BCUT2D eigenvalue weighted by Crippen LogP contribution is 1.84. The molecule has 0 saturated heterocycles. The number of aliphatic hydroxyl groups excluding tert-OH is 1. The molecule has 7 nitrogen and oxygen atoms in total. The summed E-state index contributed by atoms with van der Waals surface area (Å²) in [5, 5.41) is 9.29. The maximum absolute atomic E-state index is 10.2. The molecule has 7 heteroatoms. The standard InChI is InChI=1S/C8H18N2O5/c1-13-2-3-14-5-7(11)4-10-15-6-8(9)12/h7,10-11H,2-6H2,1H3,(H2,9,12). The summed E-state index contributed by atoms with van der Waals surface area (Å²) in [5.74, 6) is -0.576. The second-order valence-electron chi connectivity index (χ2n) is 2.82. The lowest BCUT2D eigenvalue weighted by atomic mass is 10.4. The van der Waals surface area contributed by atoms with E-state index in [2.05, 4.69) is 10.3 Å². The van der Waals surface area contributed by atoms with Gasteiger partial charge in [-0.15, -0.1) is 0 Å². The number of hydrogen-bond donors (Lipinski definition) is 3. The van der Waals surface area contributed by atoms with Crippen LogP contribution in [0, 0.1) is 0 Å². The Morgan fingerprint density at radius 3 is 2.87 bits per heavy atom. The van der Waals surface area contributed by atoms with Crippen molar-refractivity contribution < 1.29 is 24.2 Å². The van der Waals surface area contributed by atoms with Gasteiger partial charge in [0.1, 0.15) is 6.61 Å². The number of amides is 1. The molecule has 0 aliphatic rings. The number of hydrogen-bond acceptors (Lipinski definition) is 6. The topological polar surface area (TPSA) is 103 Å². The molecule has 0 saturated carbocycles. The summed E-state index contributed by atoms with van der Waals surface area (Å²) in [6, 6.07) is 0. The predicted molar refractivity (Wildman–Crippen MR) is 51.9 cm³/mol. The van der Waals surface area contributed by atoms with Gasteiger partial charge in [0.2, 0.25) is 5.91 Å². The molecule has 4 N–H and O–H groups in total. The number of nitrogens with two attached hydrogens (primary N) is 1. The summed E-state index contributed by atoms with van der Waals surface area (Å²) in [5.41, 5.74) is 7.21. The van der Waals surface area contributed by atoms with Crippen LogP contribution in [0.25, 0.3) is 0 Å². The average molecular weight is 222 g/mol. The zero-order valence-electron chi connectivity index (χ0n) is 8.77. The number of methoxy groups -OCH3 is 1. The first kappa shape index (κ1) is 14.3. The Labute approximate surface area is 88.4 Å². The second kappa shape index (κ2) is 9.81. The molecule has 1 unspecified atom stereocenters. The minimum Gasteiger partial charge on any atom is -0.389 e. The van der Waals surface area contributed by atoms with Crippen LogP contribution in [-0.2, 0) is 19.1 Å². The third kappa shape index (κ3) is 11.2. The number of carbonyl (C=O) groups is 1. The molecule has 0 radical (unpaired) electrons. The highest BCUT2D eigenvalue weighted by Gasteiger charge is 2.03. The van der Waals surface area contributed by atoms with Crippen molar-refractivity contribution in [3.63, 3.8) is 0 Å². The van der Waals surface area contributed by atoms with Gasteiger partial charge in [0, 0.05) is 13.7 Å². The third-order valence-corrected chi connectivity index (χ3v) is 1.38. The summed E-state index contributed by atoms with van der Waals surface area (Å²) in [6.07, 6.45) is -0.699. The van der Waals surface area contributed by atoms with Gasteiger partial charge in [-0.3, -0.25) is 9.63 Å². The number of aliphatic hydroxyl groups is 1. The van der Waals surface area contributed by atoms with Gasteiger partial charge < -0.3 is 20.3 Å². The fourth-order valence-corrected chi connectivity index (χ4v) is 0.698. The Hall–Kier alpha value is -0.730. The zero-order valence-corrected chi connectivity index (χ0v) is 8.77. The van der Waals surface area contributed by atoms with E-state index in [1.807, 2.05) is 0 Å². The van der Waals surface area contributed by atoms with Crippen LogP contribution in [0.3, 0.4) is 0 Å². The van der Waals surface area contributed by atoms with Crippen molar-refractivity contribution in [3.05, 3.63) is 0 Å². The van der Waals surface area contributed by atoms with Gasteiger partial charge in [-0.1, -0.05) is 0 Å². The van der Waals surface area contributed by atoms with Crippen LogP contribution in [0.2, 0.25) is 0 Å². The largest absolute Gasteiger partial charge is 0.389 e. The molecule has 0 aromatic heterocycles. The summed E-state index contributed by atoms with van der Waals surface area (Å²) in [6.45, 7) is 1.03. The Morgan fingerprint density at radius 2 is 2.27 bits per heavy atom. The predicted octanol–water partition coefficient (Wildman–Crippen LogP) is -1.98. The molecule has 0 bridgehead atoms. The first-order chi connectivity index (χ1) is 7.16. The molecule has 0 aliphatic carbocycles. The van der Waals surface area contributed by atoms with Crippen LogP contribution in [0.1, 0.15) is 0 Å². The van der Waals surface area contributed by atoms with Crippen LogP contribution in [0.5, 0.6) is 0 Å². The van der Waals surface area contributed by atoms with Crippen LogP contribution >= 0.6 is 0 Å². The van der Waals surface area contributed by atoms with E-state index in [1.54, 1.807) is 7.11 Å². The van der Waals surface area contributed by atoms with E-state index in [0.717, 1.165) is 0 Å². The number of hydroxylamine groups is 1. The van der Waals surface area contributed by atoms with Gasteiger partial charge in [0.15, 0.2) is 0 Å². The van der Waals surface area contributed by atoms with Crippen LogP contribution in [0.4, 0.5) is 0 Å². The molecular formula is C8H18N2O5. The lowest BCUT2D eigenvalue weighted by Crippen LogP contribution is -2.33. The molecule has 15 heavy (non-hydrogen) atoms. The molecule has 90 valence electrons. The van der Waals surface area contributed by atoms with Crippen LogP contribution in [-0.4, -0.2) is 57.2 Å². The molecule has 0 heterocycles. The van der Waals surface area contributed by atoms with E-state index in [0.29, 0.717) is 13.2 Å². The zero-order chi connectivity index (χ0) is 11.5. The molecule has 0 aliphatic heterocycles. The maximum Gasteiger partial charge on any atom is 0.245 e. The highest BCUT2D eigenvalue weighted by atomic mass is 16.6. The Balaban J connectivity index is 3.18. The molecule has 0 spiro atoms.